The maximum absolute atomic E-state index is 13.7. The van der Waals surface area contributed by atoms with E-state index in [1.54, 1.807) is 6.07 Å². The summed E-state index contributed by atoms with van der Waals surface area (Å²) in [6, 6.07) is 7.84. The molecule has 24 heavy (non-hydrogen) atoms. The van der Waals surface area contributed by atoms with Gasteiger partial charge in [0.1, 0.15) is 0 Å². The van der Waals surface area contributed by atoms with E-state index in [1.807, 2.05) is 18.2 Å². The van der Waals surface area contributed by atoms with E-state index in [1.165, 1.54) is 4.90 Å². The van der Waals surface area contributed by atoms with E-state index in [0.717, 1.165) is 23.3 Å². The molecule has 0 saturated carbocycles. The summed E-state index contributed by atoms with van der Waals surface area (Å²) in [5, 5.41) is 11.9. The number of aliphatic hydroxyl groups is 1. The molecule has 0 aliphatic carbocycles. The van der Waals surface area contributed by atoms with Gasteiger partial charge in [0.05, 0.1) is 18.3 Å². The molecule has 3 rings (SSSR count). The number of anilines is 1. The molecule has 0 saturated heterocycles. The molecule has 0 radical (unpaired) electrons. The highest BCUT2D eigenvalue weighted by molar-refractivity contribution is 5.90. The van der Waals surface area contributed by atoms with Crippen molar-refractivity contribution < 1.29 is 23.1 Å². The predicted molar refractivity (Wildman–Crippen MR) is 82.0 cm³/mol. The Morgan fingerprint density at radius 3 is 2.67 bits per heavy atom. The Hall–Kier alpha value is -2.54. The number of urea groups is 1. The Labute approximate surface area is 136 Å². The summed E-state index contributed by atoms with van der Waals surface area (Å²) in [4.78, 5) is 13.8. The number of rotatable bonds is 2. The molecule has 2 aromatic rings. The number of carbonyl (C=O) groups is 1. The first kappa shape index (κ1) is 16.3. The van der Waals surface area contributed by atoms with Crippen LogP contribution in [0.2, 0.25) is 0 Å². The molecule has 1 heterocycles. The molecule has 2 N–H and O–H groups in total. The number of nitrogens with zero attached hydrogens (tertiary/aromatic N) is 1. The molecule has 126 valence electrons. The molecule has 0 aromatic heterocycles. The fraction of sp³-hybridized carbons (Fsp3) is 0.235. The first-order valence-corrected chi connectivity index (χ1v) is 7.42. The van der Waals surface area contributed by atoms with Crippen molar-refractivity contribution in [2.45, 2.75) is 12.5 Å². The Morgan fingerprint density at radius 1 is 1.17 bits per heavy atom. The SMILES string of the molecule is O=C(Nc1ccc(F)c(F)c1F)N1CCc2ccccc2C1CO. The number of hydrogen-bond donors (Lipinski definition) is 2. The lowest BCUT2D eigenvalue weighted by atomic mass is 9.93. The maximum Gasteiger partial charge on any atom is 0.322 e. The second kappa shape index (κ2) is 6.52. The summed E-state index contributed by atoms with van der Waals surface area (Å²) in [6.07, 6.45) is 0.584. The molecule has 1 aliphatic heterocycles. The fourth-order valence-electron chi connectivity index (χ4n) is 2.90. The number of benzene rings is 2. The van der Waals surface area contributed by atoms with E-state index in [2.05, 4.69) is 5.32 Å². The number of amides is 2. The van der Waals surface area contributed by atoms with Gasteiger partial charge < -0.3 is 15.3 Å². The summed E-state index contributed by atoms with van der Waals surface area (Å²) >= 11 is 0. The van der Waals surface area contributed by atoms with Crippen LogP contribution in [0.25, 0.3) is 0 Å². The van der Waals surface area contributed by atoms with E-state index >= 15 is 0 Å². The topological polar surface area (TPSA) is 52.6 Å². The highest BCUT2D eigenvalue weighted by Gasteiger charge is 2.30. The van der Waals surface area contributed by atoms with Crippen molar-refractivity contribution in [3.05, 3.63) is 65.0 Å². The highest BCUT2D eigenvalue weighted by Crippen LogP contribution is 2.30. The third kappa shape index (κ3) is 2.82. The summed E-state index contributed by atoms with van der Waals surface area (Å²) in [7, 11) is 0. The van der Waals surface area contributed by atoms with Crippen LogP contribution in [-0.2, 0) is 6.42 Å². The monoisotopic (exact) mass is 336 g/mol. The van der Waals surface area contributed by atoms with Crippen LogP contribution >= 0.6 is 0 Å². The van der Waals surface area contributed by atoms with E-state index in [-0.39, 0.29) is 6.61 Å². The zero-order chi connectivity index (χ0) is 17.3. The minimum Gasteiger partial charge on any atom is -0.394 e. The van der Waals surface area contributed by atoms with Crippen molar-refractivity contribution in [2.75, 3.05) is 18.5 Å². The smallest absolute Gasteiger partial charge is 0.322 e. The van der Waals surface area contributed by atoms with E-state index in [9.17, 15) is 23.1 Å². The van der Waals surface area contributed by atoms with Crippen LogP contribution in [0.3, 0.4) is 0 Å². The molecule has 1 atom stereocenters. The molecular formula is C17H15F3N2O2. The van der Waals surface area contributed by atoms with E-state index < -0.39 is 35.2 Å². The van der Waals surface area contributed by atoms with Gasteiger partial charge in [-0.2, -0.15) is 0 Å². The predicted octanol–water partition coefficient (Wildman–Crippen LogP) is 3.23. The van der Waals surface area contributed by atoms with Crippen LogP contribution < -0.4 is 5.32 Å². The van der Waals surface area contributed by atoms with Crippen LogP contribution in [0.5, 0.6) is 0 Å². The number of nitrogens with one attached hydrogen (secondary N) is 1. The normalized spacial score (nSPS) is 16.7. The molecule has 0 spiro atoms. The van der Waals surface area contributed by atoms with Gasteiger partial charge in [-0.05, 0) is 29.7 Å². The van der Waals surface area contributed by atoms with Crippen molar-refractivity contribution in [1.29, 1.82) is 0 Å². The second-order valence-electron chi connectivity index (χ2n) is 5.49. The minimum absolute atomic E-state index is 0.301. The Kier molecular flexibility index (Phi) is 4.44. The number of aliphatic hydroxyl groups excluding tert-OH is 1. The summed E-state index contributed by atoms with van der Waals surface area (Å²) < 4.78 is 39.9. The van der Waals surface area contributed by atoms with Gasteiger partial charge in [-0.3, -0.25) is 0 Å². The Bertz CT molecular complexity index is 782. The lowest BCUT2D eigenvalue weighted by molar-refractivity contribution is 0.135. The molecular weight excluding hydrogens is 321 g/mol. The third-order valence-corrected chi connectivity index (χ3v) is 4.12. The summed E-state index contributed by atoms with van der Waals surface area (Å²) in [5.41, 5.74) is 1.39. The molecule has 1 unspecified atom stereocenters. The van der Waals surface area contributed by atoms with Crippen LogP contribution in [0.15, 0.2) is 36.4 Å². The molecule has 4 nitrogen and oxygen atoms in total. The number of carbonyl (C=O) groups excluding carboxylic acids is 1. The zero-order valence-corrected chi connectivity index (χ0v) is 12.6. The molecule has 0 bridgehead atoms. The standard InChI is InChI=1S/C17H15F3N2O2/c18-12-5-6-13(16(20)15(12)19)21-17(24)22-8-7-10-3-1-2-4-11(10)14(22)9-23/h1-6,14,23H,7-9H2,(H,21,24). The first-order valence-electron chi connectivity index (χ1n) is 7.42. The average molecular weight is 336 g/mol. The minimum atomic E-state index is -1.64. The fourth-order valence-corrected chi connectivity index (χ4v) is 2.90. The third-order valence-electron chi connectivity index (χ3n) is 4.12. The lowest BCUT2D eigenvalue weighted by Gasteiger charge is -2.36. The molecule has 2 aromatic carbocycles. The Balaban J connectivity index is 1.84. The number of fused-ring (bicyclic) bond motifs is 1. The van der Waals surface area contributed by atoms with Gasteiger partial charge in [0.15, 0.2) is 17.5 Å². The van der Waals surface area contributed by atoms with E-state index in [4.69, 9.17) is 0 Å². The second-order valence-corrected chi connectivity index (χ2v) is 5.49. The van der Waals surface area contributed by atoms with Gasteiger partial charge in [0.2, 0.25) is 0 Å². The van der Waals surface area contributed by atoms with Crippen molar-refractivity contribution in [3.8, 4) is 0 Å². The van der Waals surface area contributed by atoms with Crippen LogP contribution in [0.1, 0.15) is 17.2 Å². The van der Waals surface area contributed by atoms with Gasteiger partial charge >= 0.3 is 6.03 Å². The van der Waals surface area contributed by atoms with Crippen LogP contribution in [0.4, 0.5) is 23.7 Å². The van der Waals surface area contributed by atoms with Crippen molar-refractivity contribution >= 4 is 11.7 Å². The average Bonchev–Trinajstić information content (AvgIpc) is 2.61. The van der Waals surface area contributed by atoms with Crippen molar-refractivity contribution in [1.82, 2.24) is 4.90 Å². The largest absolute Gasteiger partial charge is 0.394 e. The Morgan fingerprint density at radius 2 is 1.92 bits per heavy atom. The molecule has 0 fully saturated rings. The maximum atomic E-state index is 13.7. The summed E-state index contributed by atoms with van der Waals surface area (Å²) in [5.74, 6) is -4.43. The van der Waals surface area contributed by atoms with Crippen molar-refractivity contribution in [2.24, 2.45) is 0 Å². The summed E-state index contributed by atoms with van der Waals surface area (Å²) in [6.45, 7) is 0.0179. The van der Waals surface area contributed by atoms with Gasteiger partial charge in [0, 0.05) is 6.54 Å². The molecule has 7 heteroatoms. The number of halogens is 3. The molecule has 2 amide bonds. The van der Waals surface area contributed by atoms with E-state index in [0.29, 0.717) is 13.0 Å². The first-order chi connectivity index (χ1) is 11.5. The van der Waals surface area contributed by atoms with Gasteiger partial charge in [-0.1, -0.05) is 24.3 Å². The van der Waals surface area contributed by atoms with Gasteiger partial charge in [0.25, 0.3) is 0 Å². The van der Waals surface area contributed by atoms with Gasteiger partial charge in [-0.25, -0.2) is 18.0 Å². The lowest BCUT2D eigenvalue weighted by Crippen LogP contribution is -2.44. The van der Waals surface area contributed by atoms with Crippen LogP contribution in [0, 0.1) is 17.5 Å². The van der Waals surface area contributed by atoms with Crippen LogP contribution in [-0.4, -0.2) is 29.2 Å². The zero-order valence-electron chi connectivity index (χ0n) is 12.6. The number of hydrogen-bond acceptors (Lipinski definition) is 2. The van der Waals surface area contributed by atoms with Gasteiger partial charge in [-0.15, -0.1) is 0 Å². The van der Waals surface area contributed by atoms with Crippen molar-refractivity contribution in [3.63, 3.8) is 0 Å². The quantitative estimate of drug-likeness (QED) is 0.828. The highest BCUT2D eigenvalue weighted by atomic mass is 19.2. The molecule has 1 aliphatic rings.